The summed E-state index contributed by atoms with van der Waals surface area (Å²) in [6, 6.07) is -2.61. The van der Waals surface area contributed by atoms with Crippen molar-refractivity contribution >= 4 is 45.1 Å². The van der Waals surface area contributed by atoms with E-state index in [0.29, 0.717) is 48.8 Å². The molecule has 2 aromatic heterocycles. The zero-order chi connectivity index (χ0) is 22.7. The smallest absolute Gasteiger partial charge is 0.311 e. The molecule has 0 radical (unpaired) electrons. The SMILES string of the molecule is O=C1N2C[C@@H](CC[C@H]2c2nncs2)N1OS(=O)(=O)ON1C(=O)N2C[C@H]1CC[C@H]2c1nncs1. The summed E-state index contributed by atoms with van der Waals surface area (Å²) in [5.41, 5.74) is 3.17. The highest BCUT2D eigenvalue weighted by atomic mass is 32.3. The van der Waals surface area contributed by atoms with E-state index in [-0.39, 0.29) is 12.1 Å². The van der Waals surface area contributed by atoms with Crippen LogP contribution in [0.2, 0.25) is 0 Å². The Balaban J connectivity index is 1.15. The van der Waals surface area contributed by atoms with Crippen molar-refractivity contribution in [1.82, 2.24) is 40.3 Å². The lowest BCUT2D eigenvalue weighted by molar-refractivity contribution is -0.0841. The number of hydroxylamine groups is 4. The van der Waals surface area contributed by atoms with Gasteiger partial charge in [0.05, 0.1) is 24.2 Å². The maximum Gasteiger partial charge on any atom is 0.442 e. The van der Waals surface area contributed by atoms with E-state index in [1.165, 1.54) is 32.5 Å². The van der Waals surface area contributed by atoms with Gasteiger partial charge in [0.2, 0.25) is 0 Å². The van der Waals surface area contributed by atoms with Crippen LogP contribution >= 0.6 is 22.7 Å². The van der Waals surface area contributed by atoms with Crippen LogP contribution in [-0.2, 0) is 19.0 Å². The van der Waals surface area contributed by atoms with Crippen LogP contribution in [-0.4, -0.2) is 86.0 Å². The van der Waals surface area contributed by atoms with E-state index in [4.69, 9.17) is 8.57 Å². The van der Waals surface area contributed by atoms with E-state index >= 15 is 0 Å². The van der Waals surface area contributed by atoms with Gasteiger partial charge in [0.15, 0.2) is 0 Å². The molecule has 33 heavy (non-hydrogen) atoms. The molecule has 17 heteroatoms. The molecule has 4 amide bonds. The molecule has 4 saturated heterocycles. The van der Waals surface area contributed by atoms with Crippen LogP contribution in [0, 0.1) is 0 Å². The fourth-order valence-corrected chi connectivity index (χ4v) is 7.03. The second kappa shape index (κ2) is 7.79. The average Bonchev–Trinajstić information content (AvgIpc) is 3.60. The summed E-state index contributed by atoms with van der Waals surface area (Å²) < 4.78 is 35.6. The maximum atomic E-state index is 12.9. The van der Waals surface area contributed by atoms with Gasteiger partial charge in [0.25, 0.3) is 0 Å². The zero-order valence-corrected chi connectivity index (χ0v) is 19.4. The van der Waals surface area contributed by atoms with Crippen molar-refractivity contribution in [2.24, 2.45) is 0 Å². The quantitative estimate of drug-likeness (QED) is 0.547. The third-order valence-electron chi connectivity index (χ3n) is 6.31. The topological polar surface area (TPSA) is 151 Å². The monoisotopic (exact) mass is 514 g/mol. The second-order valence-electron chi connectivity index (χ2n) is 8.13. The Morgan fingerprint density at radius 3 is 1.64 bits per heavy atom. The first-order valence-corrected chi connectivity index (χ1v) is 13.4. The summed E-state index contributed by atoms with van der Waals surface area (Å²) in [6.45, 7) is 0.613. The third kappa shape index (κ3) is 3.54. The van der Waals surface area contributed by atoms with E-state index < -0.39 is 34.5 Å². The summed E-state index contributed by atoms with van der Waals surface area (Å²) in [5, 5.41) is 18.7. The molecule has 4 aliphatic heterocycles. The number of nitrogens with zero attached hydrogens (tertiary/aromatic N) is 8. The summed E-state index contributed by atoms with van der Waals surface area (Å²) in [4.78, 5) is 28.8. The molecule has 4 atom stereocenters. The molecule has 4 aliphatic rings. The van der Waals surface area contributed by atoms with Crippen molar-refractivity contribution in [2.45, 2.75) is 49.9 Å². The van der Waals surface area contributed by atoms with Gasteiger partial charge in [-0.15, -0.1) is 51.6 Å². The van der Waals surface area contributed by atoms with E-state index in [1.807, 2.05) is 0 Å². The minimum atomic E-state index is -4.73. The maximum absolute atomic E-state index is 12.9. The third-order valence-corrected chi connectivity index (χ3v) is 8.59. The molecular weight excluding hydrogens is 496 g/mol. The number of piperidine rings is 2. The normalized spacial score (nSPS) is 29.5. The molecule has 6 heterocycles. The minimum absolute atomic E-state index is 0.275. The van der Waals surface area contributed by atoms with E-state index in [1.54, 1.807) is 11.0 Å². The largest absolute Gasteiger partial charge is 0.442 e. The Labute approximate surface area is 195 Å². The fourth-order valence-electron chi connectivity index (χ4n) is 4.84. The lowest BCUT2D eigenvalue weighted by atomic mass is 10.0. The molecule has 0 unspecified atom stereocenters. The van der Waals surface area contributed by atoms with Gasteiger partial charge >= 0.3 is 22.5 Å². The van der Waals surface area contributed by atoms with Gasteiger partial charge in [0.1, 0.15) is 21.0 Å². The molecule has 176 valence electrons. The van der Waals surface area contributed by atoms with Crippen LogP contribution in [0.4, 0.5) is 9.59 Å². The highest BCUT2D eigenvalue weighted by Gasteiger charge is 2.51. The molecule has 6 rings (SSSR count). The minimum Gasteiger partial charge on any atom is -0.311 e. The number of aromatic nitrogens is 4. The number of carbonyl (C=O) groups is 2. The number of carbonyl (C=O) groups excluding carboxylic acids is 2. The highest BCUT2D eigenvalue weighted by molar-refractivity contribution is 7.81. The number of fused-ring (bicyclic) bond motifs is 4. The number of urea groups is 2. The van der Waals surface area contributed by atoms with Gasteiger partial charge in [-0.2, -0.15) is 18.5 Å². The predicted octanol–water partition coefficient (Wildman–Crippen LogP) is 1.08. The lowest BCUT2D eigenvalue weighted by Gasteiger charge is -2.28. The van der Waals surface area contributed by atoms with Crippen molar-refractivity contribution in [1.29, 1.82) is 0 Å². The van der Waals surface area contributed by atoms with Gasteiger partial charge in [0, 0.05) is 13.1 Å². The second-order valence-corrected chi connectivity index (χ2v) is 11.0. The van der Waals surface area contributed by atoms with E-state index in [0.717, 1.165) is 10.1 Å². The van der Waals surface area contributed by atoms with Crippen molar-refractivity contribution in [3.8, 4) is 0 Å². The molecule has 4 fully saturated rings. The Hall–Kier alpha value is -2.47. The first-order chi connectivity index (χ1) is 15.9. The molecule has 0 N–H and O–H groups in total. The van der Waals surface area contributed by atoms with Crippen LogP contribution in [0.3, 0.4) is 0 Å². The predicted molar refractivity (Wildman–Crippen MR) is 110 cm³/mol. The highest BCUT2D eigenvalue weighted by Crippen LogP contribution is 2.41. The summed E-state index contributed by atoms with van der Waals surface area (Å²) in [5.74, 6) is 0. The van der Waals surface area contributed by atoms with Gasteiger partial charge in [-0.3, -0.25) is 0 Å². The van der Waals surface area contributed by atoms with Gasteiger partial charge < -0.3 is 9.80 Å². The first-order valence-electron chi connectivity index (χ1n) is 10.3. The first kappa shape index (κ1) is 21.1. The number of hydrogen-bond acceptors (Lipinski definition) is 12. The summed E-state index contributed by atoms with van der Waals surface area (Å²) in [6.07, 6.45) is 2.29. The number of rotatable bonds is 6. The Morgan fingerprint density at radius 2 is 1.24 bits per heavy atom. The van der Waals surface area contributed by atoms with Crippen molar-refractivity contribution in [3.05, 3.63) is 21.0 Å². The van der Waals surface area contributed by atoms with Crippen LogP contribution in [0.15, 0.2) is 11.0 Å². The number of hydrogen-bond donors (Lipinski definition) is 0. The standard InChI is InChI=1S/C16H18N8O6S3/c25-15-21-5-9(1-3-11(21)13-19-17-7-31-13)23(15)29-33(27,28)30-24-10-2-4-12(14-20-18-8-32-14)22(6-10)16(24)26/h7-12H,1-6H2/t9-,10-,11+,12+/m1/s1. The van der Waals surface area contributed by atoms with E-state index in [9.17, 15) is 18.0 Å². The molecule has 4 bridgehead atoms. The van der Waals surface area contributed by atoms with Gasteiger partial charge in [-0.25, -0.2) is 9.59 Å². The Morgan fingerprint density at radius 1 is 0.788 bits per heavy atom. The molecule has 2 aromatic rings. The van der Waals surface area contributed by atoms with Crippen LogP contribution in [0.25, 0.3) is 0 Å². The molecule has 14 nitrogen and oxygen atoms in total. The van der Waals surface area contributed by atoms with Gasteiger partial charge in [-0.1, -0.05) is 0 Å². The molecule has 0 aliphatic carbocycles. The molecule has 0 spiro atoms. The van der Waals surface area contributed by atoms with Crippen LogP contribution in [0.5, 0.6) is 0 Å². The Bertz CT molecular complexity index is 1080. The summed E-state index contributed by atoms with van der Waals surface area (Å²) in [7, 11) is -4.73. The Kier molecular flexibility index (Phi) is 4.98. The molecule has 0 aromatic carbocycles. The zero-order valence-electron chi connectivity index (χ0n) is 17.0. The average molecular weight is 515 g/mol. The van der Waals surface area contributed by atoms with E-state index in [2.05, 4.69) is 20.4 Å². The molecular formula is C16H18N8O6S3. The van der Waals surface area contributed by atoms with Gasteiger partial charge in [-0.05, 0) is 25.7 Å². The fraction of sp³-hybridized carbons (Fsp3) is 0.625. The number of amides is 4. The van der Waals surface area contributed by atoms with Crippen LogP contribution < -0.4 is 0 Å². The van der Waals surface area contributed by atoms with Crippen molar-refractivity contribution in [2.75, 3.05) is 13.1 Å². The van der Waals surface area contributed by atoms with Crippen molar-refractivity contribution < 1.29 is 26.6 Å². The lowest BCUT2D eigenvalue weighted by Crippen LogP contribution is -2.41. The van der Waals surface area contributed by atoms with Crippen molar-refractivity contribution in [3.63, 3.8) is 0 Å². The summed E-state index contributed by atoms with van der Waals surface area (Å²) >= 11 is 2.68. The molecule has 0 saturated carbocycles. The van der Waals surface area contributed by atoms with Crippen LogP contribution in [0.1, 0.15) is 47.8 Å².